The Hall–Kier alpha value is -3.06. The first-order valence-corrected chi connectivity index (χ1v) is 9.21. The summed E-state index contributed by atoms with van der Waals surface area (Å²) < 4.78 is 0. The van der Waals surface area contributed by atoms with Crippen molar-refractivity contribution in [1.82, 2.24) is 25.1 Å². The Balaban J connectivity index is 1.55. The third-order valence-electron chi connectivity index (χ3n) is 5.43. The molecule has 0 spiro atoms. The predicted molar refractivity (Wildman–Crippen MR) is 107 cm³/mol. The van der Waals surface area contributed by atoms with Crippen LogP contribution in [0.4, 0.5) is 5.69 Å². The van der Waals surface area contributed by atoms with E-state index >= 15 is 0 Å². The van der Waals surface area contributed by atoms with E-state index < -0.39 is 0 Å². The van der Waals surface area contributed by atoms with Crippen molar-refractivity contribution in [3.8, 4) is 17.3 Å². The van der Waals surface area contributed by atoms with Crippen molar-refractivity contribution < 1.29 is 5.11 Å². The van der Waals surface area contributed by atoms with Crippen LogP contribution < -0.4 is 4.90 Å². The summed E-state index contributed by atoms with van der Waals surface area (Å²) in [6.45, 7) is 5.41. The maximum atomic E-state index is 9.98. The van der Waals surface area contributed by atoms with E-state index in [1.54, 1.807) is 6.07 Å². The van der Waals surface area contributed by atoms with E-state index in [4.69, 9.17) is 4.98 Å². The van der Waals surface area contributed by atoms with Gasteiger partial charge in [0, 0.05) is 36.7 Å². The molecule has 3 heterocycles. The van der Waals surface area contributed by atoms with Crippen molar-refractivity contribution in [1.29, 1.82) is 0 Å². The van der Waals surface area contributed by atoms with E-state index in [2.05, 4.69) is 57.2 Å². The van der Waals surface area contributed by atoms with Gasteiger partial charge in [-0.3, -0.25) is 5.10 Å². The van der Waals surface area contributed by atoms with Gasteiger partial charge in [0.15, 0.2) is 5.82 Å². The lowest BCUT2D eigenvalue weighted by atomic mass is 10.1. The highest BCUT2D eigenvalue weighted by atomic mass is 16.3. The fourth-order valence-electron chi connectivity index (χ4n) is 4.02. The summed E-state index contributed by atoms with van der Waals surface area (Å²) in [5.41, 5.74) is 4.44. The average Bonchev–Trinajstić information content (AvgIpc) is 3.25. The molecule has 0 amide bonds. The Morgan fingerprint density at radius 3 is 2.93 bits per heavy atom. The van der Waals surface area contributed by atoms with Gasteiger partial charge in [-0.1, -0.05) is 12.1 Å². The highest BCUT2D eigenvalue weighted by Crippen LogP contribution is 2.31. The second-order valence-electron chi connectivity index (χ2n) is 7.36. The summed E-state index contributed by atoms with van der Waals surface area (Å²) in [5, 5.41) is 18.1. The van der Waals surface area contributed by atoms with Crippen LogP contribution in [0, 0.1) is 0 Å². The van der Waals surface area contributed by atoms with E-state index in [9.17, 15) is 5.11 Å². The molecule has 27 heavy (non-hydrogen) atoms. The number of hydrogen-bond acceptors (Lipinski definition) is 5. The minimum atomic E-state index is 0.189. The number of nitrogens with zero attached hydrogens (tertiary/aromatic N) is 4. The Morgan fingerprint density at radius 1 is 1.19 bits per heavy atom. The van der Waals surface area contributed by atoms with Crippen LogP contribution in [-0.2, 0) is 0 Å². The van der Waals surface area contributed by atoms with Crippen LogP contribution in [0.5, 0.6) is 5.75 Å². The molecule has 0 aliphatic carbocycles. The number of hydrogen-bond donors (Lipinski definition) is 3. The second-order valence-corrected chi connectivity index (χ2v) is 7.36. The van der Waals surface area contributed by atoms with Gasteiger partial charge in [0.25, 0.3) is 0 Å². The van der Waals surface area contributed by atoms with Gasteiger partial charge in [-0.05, 0) is 38.2 Å². The smallest absolute Gasteiger partial charge is 0.159 e. The minimum absolute atomic E-state index is 0.189. The number of likely N-dealkylation sites (N-methyl/N-ethyl adjacent to an activating group) is 1. The van der Waals surface area contributed by atoms with Gasteiger partial charge in [0.2, 0.25) is 0 Å². The molecule has 1 saturated heterocycles. The highest BCUT2D eigenvalue weighted by molar-refractivity contribution is 5.96. The Labute approximate surface area is 156 Å². The van der Waals surface area contributed by atoms with Crippen LogP contribution in [0.1, 0.15) is 6.92 Å². The maximum Gasteiger partial charge on any atom is 0.159 e. The molecule has 4 aromatic rings. The van der Waals surface area contributed by atoms with Gasteiger partial charge < -0.3 is 19.9 Å². The zero-order valence-corrected chi connectivity index (χ0v) is 15.4. The lowest BCUT2D eigenvalue weighted by Gasteiger charge is -2.39. The van der Waals surface area contributed by atoms with Gasteiger partial charge in [0.1, 0.15) is 17.0 Å². The molecule has 7 heteroatoms. The molecule has 0 bridgehead atoms. The van der Waals surface area contributed by atoms with Crippen molar-refractivity contribution >= 4 is 27.6 Å². The molecule has 2 aromatic heterocycles. The number of para-hydroxylation sites is 1. The fraction of sp³-hybridized carbons (Fsp3) is 0.300. The molecule has 1 aliphatic rings. The molecule has 7 nitrogen and oxygen atoms in total. The zero-order chi connectivity index (χ0) is 18.5. The molecular weight excluding hydrogens is 340 g/mol. The van der Waals surface area contributed by atoms with Crippen LogP contribution in [-0.4, -0.2) is 62.9 Å². The standard InChI is InChI=1S/C20H22N6O/c1-12-11-25(2)8-9-26(12)13-6-7-15-16(10-13)22-20(21-15)19-14-4-3-5-17(27)18(14)23-24-19/h3-7,10,12,27H,8-9,11H2,1-2H3,(H,21,22)(H,23,24). The van der Waals surface area contributed by atoms with Crippen molar-refractivity contribution in [3.63, 3.8) is 0 Å². The van der Waals surface area contributed by atoms with Gasteiger partial charge in [-0.2, -0.15) is 5.10 Å². The molecule has 2 aromatic carbocycles. The number of aromatic amines is 2. The highest BCUT2D eigenvalue weighted by Gasteiger charge is 2.22. The normalized spacial score (nSPS) is 18.6. The van der Waals surface area contributed by atoms with Gasteiger partial charge >= 0.3 is 0 Å². The third kappa shape index (κ3) is 2.62. The second kappa shape index (κ2) is 5.99. The number of aromatic hydroxyl groups is 1. The van der Waals surface area contributed by atoms with Gasteiger partial charge in [-0.15, -0.1) is 0 Å². The molecule has 0 saturated carbocycles. The van der Waals surface area contributed by atoms with Gasteiger partial charge in [-0.25, -0.2) is 4.98 Å². The molecule has 1 aliphatic heterocycles. The summed E-state index contributed by atoms with van der Waals surface area (Å²) in [6.07, 6.45) is 0. The molecule has 0 radical (unpaired) electrons. The molecule has 138 valence electrons. The largest absolute Gasteiger partial charge is 0.506 e. The maximum absolute atomic E-state index is 9.98. The van der Waals surface area contributed by atoms with E-state index in [1.807, 2.05) is 12.1 Å². The van der Waals surface area contributed by atoms with E-state index in [-0.39, 0.29) is 5.75 Å². The Bertz CT molecular complexity index is 1130. The molecule has 1 fully saturated rings. The number of benzene rings is 2. The Kier molecular flexibility index (Phi) is 3.58. The molecule has 1 unspecified atom stereocenters. The summed E-state index contributed by atoms with van der Waals surface area (Å²) in [5.74, 6) is 0.888. The van der Waals surface area contributed by atoms with Gasteiger partial charge in [0.05, 0.1) is 11.0 Å². The Morgan fingerprint density at radius 2 is 2.07 bits per heavy atom. The van der Waals surface area contributed by atoms with Crippen LogP contribution in [0.15, 0.2) is 36.4 Å². The number of fused-ring (bicyclic) bond motifs is 2. The average molecular weight is 362 g/mol. The number of aromatic nitrogens is 4. The quantitative estimate of drug-likeness (QED) is 0.511. The zero-order valence-electron chi connectivity index (χ0n) is 15.4. The number of piperazine rings is 1. The monoisotopic (exact) mass is 362 g/mol. The number of phenolic OH excluding ortho intramolecular Hbond substituents is 1. The molecule has 1 atom stereocenters. The van der Waals surface area contributed by atoms with Crippen molar-refractivity contribution in [2.75, 3.05) is 31.6 Å². The van der Waals surface area contributed by atoms with Crippen molar-refractivity contribution in [2.45, 2.75) is 13.0 Å². The van der Waals surface area contributed by atoms with E-state index in [0.717, 1.165) is 36.1 Å². The number of anilines is 1. The third-order valence-corrected chi connectivity index (χ3v) is 5.43. The number of H-pyrrole nitrogens is 2. The van der Waals surface area contributed by atoms with Crippen LogP contribution >= 0.6 is 0 Å². The summed E-state index contributed by atoms with van der Waals surface area (Å²) in [7, 11) is 2.17. The fourth-order valence-corrected chi connectivity index (χ4v) is 4.02. The van der Waals surface area contributed by atoms with Crippen molar-refractivity contribution in [2.24, 2.45) is 0 Å². The first-order valence-electron chi connectivity index (χ1n) is 9.21. The number of imidazole rings is 1. The van der Waals surface area contributed by atoms with Crippen LogP contribution in [0.3, 0.4) is 0 Å². The topological polar surface area (TPSA) is 84.1 Å². The first kappa shape index (κ1) is 16.1. The van der Waals surface area contributed by atoms with Crippen molar-refractivity contribution in [3.05, 3.63) is 36.4 Å². The number of rotatable bonds is 2. The summed E-state index contributed by atoms with van der Waals surface area (Å²) in [4.78, 5) is 12.9. The SMILES string of the molecule is CC1CN(C)CCN1c1ccc2[nH]c(-c3n[nH]c4c(O)cccc34)nc2c1. The first-order chi connectivity index (χ1) is 13.1. The summed E-state index contributed by atoms with van der Waals surface area (Å²) in [6, 6.07) is 12.2. The number of phenols is 1. The molecular formula is C20H22N6O. The summed E-state index contributed by atoms with van der Waals surface area (Å²) >= 11 is 0. The van der Waals surface area contributed by atoms with Crippen LogP contribution in [0.25, 0.3) is 33.5 Å². The van der Waals surface area contributed by atoms with E-state index in [1.165, 1.54) is 5.69 Å². The molecule has 5 rings (SSSR count). The predicted octanol–water partition coefficient (Wildman–Crippen LogP) is 2.95. The van der Waals surface area contributed by atoms with Crippen LogP contribution in [0.2, 0.25) is 0 Å². The lowest BCUT2D eigenvalue weighted by Crippen LogP contribution is -2.50. The molecule has 3 N–H and O–H groups in total. The van der Waals surface area contributed by atoms with E-state index in [0.29, 0.717) is 23.1 Å². The minimum Gasteiger partial charge on any atom is -0.506 e. The lowest BCUT2D eigenvalue weighted by molar-refractivity contribution is 0.275. The number of nitrogens with one attached hydrogen (secondary N) is 2.